The van der Waals surface area contributed by atoms with Crippen molar-refractivity contribution in [3.8, 4) is 34.2 Å². The van der Waals surface area contributed by atoms with Crippen LogP contribution in [0.25, 0.3) is 93.6 Å². The van der Waals surface area contributed by atoms with Crippen molar-refractivity contribution in [3.63, 3.8) is 0 Å². The molecule has 0 radical (unpaired) electrons. The third-order valence-corrected chi connectivity index (χ3v) is 13.8. The molecule has 3 nitrogen and oxygen atoms in total. The van der Waals surface area contributed by atoms with E-state index >= 15 is 0 Å². The molecule has 4 aliphatic carbocycles. The Morgan fingerprint density at radius 2 is 0.983 bits per heavy atom. The van der Waals surface area contributed by atoms with Crippen LogP contribution in [0.1, 0.15) is 28.7 Å². The summed E-state index contributed by atoms with van der Waals surface area (Å²) in [5.41, 5.74) is 11.0. The van der Waals surface area contributed by atoms with E-state index in [1.165, 1.54) is 93.7 Å². The summed E-state index contributed by atoms with van der Waals surface area (Å²) in [6, 6.07) is 60.0. The Kier molecular flexibility index (Phi) is 5.86. The molecule has 2 unspecified atom stereocenters. The van der Waals surface area contributed by atoms with Crippen LogP contribution in [0.3, 0.4) is 0 Å². The van der Waals surface area contributed by atoms with Crippen LogP contribution in [-0.2, 0) is 5.41 Å². The second kappa shape index (κ2) is 11.0. The first-order chi connectivity index (χ1) is 28.7. The Hall–Kier alpha value is -7.23. The smallest absolute Gasteiger partial charge is 0.164 e. The van der Waals surface area contributed by atoms with Gasteiger partial charge in [-0.2, -0.15) is 0 Å². The van der Waals surface area contributed by atoms with Gasteiger partial charge in [0, 0.05) is 16.7 Å². The van der Waals surface area contributed by atoms with Crippen molar-refractivity contribution in [3.05, 3.63) is 204 Å². The minimum atomic E-state index is -0.409. The summed E-state index contributed by atoms with van der Waals surface area (Å²) < 4.78 is 0. The topological polar surface area (TPSA) is 38.7 Å². The van der Waals surface area contributed by atoms with E-state index in [1.54, 1.807) is 0 Å². The molecule has 1 heterocycles. The monoisotopic (exact) mass is 735 g/mol. The maximum Gasteiger partial charge on any atom is 0.164 e. The number of allylic oxidation sites excluding steroid dienone is 4. The van der Waals surface area contributed by atoms with Crippen molar-refractivity contribution in [2.45, 2.75) is 11.8 Å². The average Bonchev–Trinajstić information content (AvgIpc) is 3.95. The quantitative estimate of drug-likeness (QED) is 0.170. The second-order valence-corrected chi connectivity index (χ2v) is 16.6. The van der Waals surface area contributed by atoms with E-state index in [0.29, 0.717) is 29.3 Å². The largest absolute Gasteiger partial charge is 0.208 e. The van der Waals surface area contributed by atoms with Gasteiger partial charge >= 0.3 is 0 Å². The Bertz CT molecular complexity index is 3460. The summed E-state index contributed by atoms with van der Waals surface area (Å²) in [5, 5.41) is 12.8. The predicted molar refractivity (Wildman–Crippen MR) is 238 cm³/mol. The summed E-state index contributed by atoms with van der Waals surface area (Å²) in [6.07, 6.45) is 6.19. The highest BCUT2D eigenvalue weighted by atomic mass is 15.0. The lowest BCUT2D eigenvalue weighted by Gasteiger charge is -2.32. The van der Waals surface area contributed by atoms with Gasteiger partial charge in [-0.15, -0.1) is 0 Å². The fraction of sp³-hybridized carbons (Fsp3) is 0.0727. The number of hydrogen-bond acceptors (Lipinski definition) is 3. The summed E-state index contributed by atoms with van der Waals surface area (Å²) in [5.74, 6) is 3.22. The Balaban J connectivity index is 1.02. The lowest BCUT2D eigenvalue weighted by molar-refractivity contribution is 0.782. The third-order valence-electron chi connectivity index (χ3n) is 13.8. The first-order valence-electron chi connectivity index (χ1n) is 20.4. The molecule has 0 bridgehead atoms. The maximum absolute atomic E-state index is 5.37. The highest BCUT2D eigenvalue weighted by Crippen LogP contribution is 2.67. The standard InChI is InChI=1S/C55H33N3/c1-2-10-33(11-3-1)52-56-53(35-22-25-41-39-16-5-4-14-37(39)38-15-6-7-17-40(38)44(41)29-35)58-54(57-52)36-23-26-42-48(30-36)55(47-27-24-34-28-43(34)51(42)47)45-18-8-12-31-20-21-32-13-9-19-46(55)50(32)49(31)45/h1-27,29-30,34,43H,28H2. The fourth-order valence-electron chi connectivity index (χ4n) is 11.2. The van der Waals surface area contributed by atoms with Crippen LogP contribution in [0.4, 0.5) is 0 Å². The zero-order valence-electron chi connectivity index (χ0n) is 31.4. The summed E-state index contributed by atoms with van der Waals surface area (Å²) >= 11 is 0. The molecule has 2 atom stereocenters. The molecule has 4 aliphatic rings. The van der Waals surface area contributed by atoms with Crippen LogP contribution in [0.15, 0.2) is 182 Å². The van der Waals surface area contributed by atoms with Crippen LogP contribution in [-0.4, -0.2) is 15.0 Å². The van der Waals surface area contributed by atoms with E-state index in [9.17, 15) is 0 Å². The van der Waals surface area contributed by atoms with Gasteiger partial charge in [-0.3, -0.25) is 0 Å². The number of hydrogen-bond donors (Lipinski definition) is 0. The minimum Gasteiger partial charge on any atom is -0.208 e. The van der Waals surface area contributed by atoms with Gasteiger partial charge < -0.3 is 0 Å². The molecular formula is C55H33N3. The van der Waals surface area contributed by atoms with Crippen LogP contribution >= 0.6 is 0 Å². The molecular weight excluding hydrogens is 703 g/mol. The van der Waals surface area contributed by atoms with E-state index in [-0.39, 0.29) is 0 Å². The van der Waals surface area contributed by atoms with Crippen molar-refractivity contribution in [2.24, 2.45) is 11.8 Å². The second-order valence-electron chi connectivity index (χ2n) is 16.6. The van der Waals surface area contributed by atoms with Crippen LogP contribution in [0.2, 0.25) is 0 Å². The predicted octanol–water partition coefficient (Wildman–Crippen LogP) is 13.3. The fourth-order valence-corrected chi connectivity index (χ4v) is 11.2. The van der Waals surface area contributed by atoms with Crippen LogP contribution < -0.4 is 0 Å². The number of aromatic nitrogens is 3. The lowest BCUT2D eigenvalue weighted by Crippen LogP contribution is -2.27. The van der Waals surface area contributed by atoms with Gasteiger partial charge in [0.05, 0.1) is 5.41 Å². The van der Waals surface area contributed by atoms with Crippen molar-refractivity contribution < 1.29 is 0 Å². The number of benzene rings is 9. The molecule has 3 heteroatoms. The van der Waals surface area contributed by atoms with Gasteiger partial charge in [0.25, 0.3) is 0 Å². The highest BCUT2D eigenvalue weighted by Gasteiger charge is 2.56. The summed E-state index contributed by atoms with van der Waals surface area (Å²) in [6.45, 7) is 0. The van der Waals surface area contributed by atoms with Gasteiger partial charge in [0.2, 0.25) is 0 Å². The molecule has 0 saturated heterocycles. The van der Waals surface area contributed by atoms with Gasteiger partial charge in [-0.1, -0.05) is 164 Å². The molecule has 0 aliphatic heterocycles. The minimum absolute atomic E-state index is 0.409. The van der Waals surface area contributed by atoms with Gasteiger partial charge in [-0.05, 0) is 118 Å². The number of fused-ring (bicyclic) bond motifs is 14. The van der Waals surface area contributed by atoms with Crippen molar-refractivity contribution in [1.29, 1.82) is 0 Å². The van der Waals surface area contributed by atoms with E-state index in [2.05, 4.69) is 170 Å². The van der Waals surface area contributed by atoms with E-state index in [1.807, 2.05) is 6.07 Å². The molecule has 9 aromatic carbocycles. The van der Waals surface area contributed by atoms with Gasteiger partial charge in [0.15, 0.2) is 17.5 Å². The molecule has 1 saturated carbocycles. The lowest BCUT2D eigenvalue weighted by atomic mass is 9.68. The molecule has 10 aromatic rings. The molecule has 268 valence electrons. The third kappa shape index (κ3) is 3.91. The Morgan fingerprint density at radius 1 is 0.431 bits per heavy atom. The van der Waals surface area contributed by atoms with E-state index < -0.39 is 5.41 Å². The zero-order chi connectivity index (χ0) is 37.7. The first kappa shape index (κ1) is 30.9. The normalized spacial score (nSPS) is 17.9. The Morgan fingerprint density at radius 3 is 1.64 bits per heavy atom. The summed E-state index contributed by atoms with van der Waals surface area (Å²) in [7, 11) is 0. The van der Waals surface area contributed by atoms with Gasteiger partial charge in [-0.25, -0.2) is 15.0 Å². The molecule has 0 amide bonds. The van der Waals surface area contributed by atoms with E-state index in [0.717, 1.165) is 16.7 Å². The van der Waals surface area contributed by atoms with Gasteiger partial charge in [0.1, 0.15) is 0 Å². The highest BCUT2D eigenvalue weighted by molar-refractivity contribution is 6.25. The molecule has 0 N–H and O–H groups in total. The number of nitrogens with zero attached hydrogens (tertiary/aromatic N) is 3. The van der Waals surface area contributed by atoms with Crippen molar-refractivity contribution in [1.82, 2.24) is 15.0 Å². The van der Waals surface area contributed by atoms with E-state index in [4.69, 9.17) is 15.0 Å². The van der Waals surface area contributed by atoms with Crippen molar-refractivity contribution >= 4 is 59.4 Å². The number of rotatable bonds is 3. The molecule has 1 aromatic heterocycles. The molecule has 58 heavy (non-hydrogen) atoms. The first-order valence-corrected chi connectivity index (χ1v) is 20.4. The zero-order valence-corrected chi connectivity index (χ0v) is 31.4. The van der Waals surface area contributed by atoms with Crippen LogP contribution in [0, 0.1) is 11.8 Å². The molecule has 1 spiro atoms. The Labute approximate surface area is 334 Å². The average molecular weight is 736 g/mol. The SMILES string of the molecule is C1=CC2CC2C2=C1C1(c3cc(-c4nc(-c5ccccc5)nc(-c5ccc6c7ccccc7c7ccccc7c6c5)n4)ccc32)c2cccc3ccc4cccc1c4c23. The maximum atomic E-state index is 5.37. The van der Waals surface area contributed by atoms with Crippen LogP contribution in [0.5, 0.6) is 0 Å². The molecule has 14 rings (SSSR count). The van der Waals surface area contributed by atoms with Crippen molar-refractivity contribution in [2.75, 3.05) is 0 Å². The summed E-state index contributed by atoms with van der Waals surface area (Å²) in [4.78, 5) is 15.8. The molecule has 1 fully saturated rings.